The van der Waals surface area contributed by atoms with Gasteiger partial charge in [0.2, 0.25) is 0 Å². The number of para-hydroxylation sites is 1. The number of nitrogens with zero attached hydrogens (tertiary/aromatic N) is 2. The van der Waals surface area contributed by atoms with Gasteiger partial charge in [-0.1, -0.05) is 28.1 Å². The van der Waals surface area contributed by atoms with Gasteiger partial charge >= 0.3 is 0 Å². The lowest BCUT2D eigenvalue weighted by Gasteiger charge is -2.11. The van der Waals surface area contributed by atoms with Crippen molar-refractivity contribution in [2.75, 3.05) is 0 Å². The van der Waals surface area contributed by atoms with Crippen molar-refractivity contribution < 1.29 is 9.90 Å². The molecule has 1 amide bonds. The topological polar surface area (TPSA) is 120 Å². The molecular weight excluding hydrogens is 452 g/mol. The number of amides is 1. The number of aromatic amines is 2. The summed E-state index contributed by atoms with van der Waals surface area (Å²) in [7, 11) is 1.58. The van der Waals surface area contributed by atoms with E-state index in [-0.39, 0.29) is 28.1 Å². The Morgan fingerprint density at radius 1 is 1.03 bits per heavy atom. The van der Waals surface area contributed by atoms with Crippen LogP contribution in [-0.4, -0.2) is 25.8 Å². The summed E-state index contributed by atoms with van der Waals surface area (Å²) < 4.78 is 2.09. The molecule has 8 nitrogen and oxygen atoms in total. The second-order valence-corrected chi connectivity index (χ2v) is 7.80. The summed E-state index contributed by atoms with van der Waals surface area (Å²) in [5.41, 5.74) is -0.603. The lowest BCUT2D eigenvalue weighted by molar-refractivity contribution is -0.112. The number of rotatable bonds is 2. The van der Waals surface area contributed by atoms with Crippen molar-refractivity contribution >= 4 is 38.3 Å². The van der Waals surface area contributed by atoms with Crippen LogP contribution >= 0.6 is 15.9 Å². The smallest absolute Gasteiger partial charge is 0.279 e. The first-order chi connectivity index (χ1) is 14.4. The number of carbonyl (C=O) groups excluding carboxylic acids is 1. The number of aryl methyl sites for hydroxylation is 1. The molecule has 1 aliphatic rings. The van der Waals surface area contributed by atoms with E-state index in [9.17, 15) is 19.5 Å². The van der Waals surface area contributed by atoms with Crippen LogP contribution in [0.4, 0.5) is 0 Å². The van der Waals surface area contributed by atoms with E-state index in [0.717, 1.165) is 0 Å². The van der Waals surface area contributed by atoms with E-state index in [1.54, 1.807) is 49.5 Å². The second-order valence-electron chi connectivity index (χ2n) is 6.89. The van der Waals surface area contributed by atoms with E-state index in [0.29, 0.717) is 26.0 Å². The number of aromatic hydroxyl groups is 1. The van der Waals surface area contributed by atoms with Crippen molar-refractivity contribution in [2.24, 2.45) is 12.0 Å². The molecule has 0 saturated carbocycles. The maximum atomic E-state index is 13.1. The van der Waals surface area contributed by atoms with Gasteiger partial charge in [0, 0.05) is 22.1 Å². The monoisotopic (exact) mass is 464 g/mol. The van der Waals surface area contributed by atoms with Gasteiger partial charge in [-0.25, -0.2) is 4.99 Å². The van der Waals surface area contributed by atoms with Crippen LogP contribution in [0, 0.1) is 0 Å². The number of halogens is 1. The van der Waals surface area contributed by atoms with Crippen molar-refractivity contribution in [3.8, 4) is 17.0 Å². The molecule has 0 saturated heterocycles. The molecule has 0 radical (unpaired) electrons. The number of hydrogen-bond donors (Lipinski definition) is 3. The van der Waals surface area contributed by atoms with Crippen molar-refractivity contribution in [2.45, 2.75) is 0 Å². The van der Waals surface area contributed by atoms with Gasteiger partial charge in [0.25, 0.3) is 17.0 Å². The van der Waals surface area contributed by atoms with Crippen molar-refractivity contribution in [1.82, 2.24) is 14.8 Å². The summed E-state index contributed by atoms with van der Waals surface area (Å²) >= 11 is 3.36. The predicted octanol–water partition coefficient (Wildman–Crippen LogP) is 1.05. The fraction of sp³-hybridized carbons (Fsp3) is 0.0476. The number of nitrogens with one attached hydrogen (secondary N) is 2. The molecule has 4 aromatic rings. The van der Waals surface area contributed by atoms with Crippen molar-refractivity contribution in [1.29, 1.82) is 0 Å². The molecule has 0 aliphatic carbocycles. The number of benzene rings is 2. The van der Waals surface area contributed by atoms with E-state index in [1.807, 2.05) is 0 Å². The Morgan fingerprint density at radius 2 is 1.80 bits per heavy atom. The average molecular weight is 465 g/mol. The molecule has 3 heterocycles. The standard InChI is InChI=1S/C21H13BrN4O4/c1-26-13-5-3-2-4-10(13)18(27)16(21(26)30)17-15(20(29)25-24-17)14-11-8-9(22)6-7-12(11)23-19(14)28/h2-8,27H,1H3,(H2,24,25,29). The van der Waals surface area contributed by atoms with E-state index in [1.165, 1.54) is 4.57 Å². The molecule has 9 heteroatoms. The quantitative estimate of drug-likeness (QED) is 0.410. The van der Waals surface area contributed by atoms with Gasteiger partial charge in [-0.15, -0.1) is 0 Å². The van der Waals surface area contributed by atoms with Gasteiger partial charge < -0.3 is 9.67 Å². The van der Waals surface area contributed by atoms with Crippen LogP contribution in [0.1, 0.15) is 5.56 Å². The van der Waals surface area contributed by atoms with Crippen molar-refractivity contribution in [3.63, 3.8) is 0 Å². The third-order valence-corrected chi connectivity index (χ3v) is 5.71. The van der Waals surface area contributed by atoms with Crippen LogP contribution in [0.25, 0.3) is 27.7 Å². The first-order valence-electron chi connectivity index (χ1n) is 8.93. The number of aromatic nitrogens is 3. The zero-order chi connectivity index (χ0) is 21.2. The maximum absolute atomic E-state index is 13.1. The fourth-order valence-corrected chi connectivity index (χ4v) is 4.18. The normalized spacial score (nSPS) is 13.0. The Balaban J connectivity index is 1.93. The predicted molar refractivity (Wildman–Crippen MR) is 114 cm³/mol. The van der Waals surface area contributed by atoms with E-state index < -0.39 is 17.0 Å². The van der Waals surface area contributed by atoms with Crippen LogP contribution in [0.3, 0.4) is 0 Å². The van der Waals surface area contributed by atoms with Gasteiger partial charge in [0.15, 0.2) is 0 Å². The van der Waals surface area contributed by atoms with Gasteiger partial charge in [-0.05, 0) is 30.3 Å². The molecule has 2 aromatic carbocycles. The summed E-state index contributed by atoms with van der Waals surface area (Å²) in [5.74, 6) is -0.866. The first kappa shape index (κ1) is 18.3. The molecule has 0 bridgehead atoms. The largest absolute Gasteiger partial charge is 0.506 e. The molecular formula is C21H13BrN4O4. The van der Waals surface area contributed by atoms with E-state index >= 15 is 0 Å². The van der Waals surface area contributed by atoms with Gasteiger partial charge in [0.1, 0.15) is 11.3 Å². The molecule has 5 rings (SSSR count). The summed E-state index contributed by atoms with van der Waals surface area (Å²) in [4.78, 5) is 42.5. The number of carbonyl (C=O) groups is 1. The first-order valence-corrected chi connectivity index (χ1v) is 9.72. The highest BCUT2D eigenvalue weighted by Gasteiger charge is 2.29. The summed E-state index contributed by atoms with van der Waals surface area (Å²) in [6, 6.07) is 12.0. The zero-order valence-electron chi connectivity index (χ0n) is 15.5. The lowest BCUT2D eigenvalue weighted by atomic mass is 9.98. The number of fused-ring (bicyclic) bond motifs is 2. The van der Waals surface area contributed by atoms with Crippen LogP contribution in [0.15, 0.2) is 61.5 Å². The number of hydrogen-bond acceptors (Lipinski definition) is 4. The van der Waals surface area contributed by atoms with Gasteiger partial charge in [0.05, 0.1) is 27.7 Å². The minimum absolute atomic E-state index is 0.0372. The van der Waals surface area contributed by atoms with Crippen molar-refractivity contribution in [3.05, 3.63) is 83.8 Å². The average Bonchev–Trinajstić information content (AvgIpc) is 3.25. The highest BCUT2D eigenvalue weighted by molar-refractivity contribution is 9.10. The molecule has 0 fully saturated rings. The Hall–Kier alpha value is -3.72. The molecule has 0 unspecified atom stereocenters. The highest BCUT2D eigenvalue weighted by atomic mass is 79.9. The van der Waals surface area contributed by atoms with Crippen LogP contribution in [0.2, 0.25) is 0 Å². The maximum Gasteiger partial charge on any atom is 0.279 e. The van der Waals surface area contributed by atoms with Gasteiger partial charge in [-0.2, -0.15) is 0 Å². The number of H-pyrrole nitrogens is 2. The molecule has 0 spiro atoms. The Kier molecular flexibility index (Phi) is 3.90. The minimum atomic E-state index is -0.592. The van der Waals surface area contributed by atoms with E-state index in [4.69, 9.17) is 0 Å². The minimum Gasteiger partial charge on any atom is -0.506 e. The summed E-state index contributed by atoms with van der Waals surface area (Å²) in [5, 5.41) is 17.4. The highest BCUT2D eigenvalue weighted by Crippen LogP contribution is 2.34. The third kappa shape index (κ3) is 2.45. The van der Waals surface area contributed by atoms with E-state index in [2.05, 4.69) is 31.1 Å². The SMILES string of the molecule is Cn1c(=O)c(-c2[nH][nH]c(=O)c2C2=c3cc(Br)ccc3=NC2=O)c(O)c2ccccc21. The van der Waals surface area contributed by atoms with Crippen LogP contribution in [-0.2, 0) is 11.8 Å². The second kappa shape index (κ2) is 6.39. The Bertz CT molecular complexity index is 1640. The van der Waals surface area contributed by atoms with Gasteiger partial charge in [-0.3, -0.25) is 24.6 Å². The molecule has 148 valence electrons. The Morgan fingerprint density at radius 3 is 2.60 bits per heavy atom. The zero-order valence-corrected chi connectivity index (χ0v) is 17.1. The molecule has 30 heavy (non-hydrogen) atoms. The Labute approximate surface area is 175 Å². The lowest BCUT2D eigenvalue weighted by Crippen LogP contribution is -2.25. The molecule has 3 N–H and O–H groups in total. The molecule has 2 aromatic heterocycles. The molecule has 0 atom stereocenters. The fourth-order valence-electron chi connectivity index (χ4n) is 3.82. The molecule has 1 aliphatic heterocycles. The van der Waals surface area contributed by atoms with Crippen LogP contribution in [0.5, 0.6) is 5.75 Å². The summed E-state index contributed by atoms with van der Waals surface area (Å²) in [6.45, 7) is 0. The summed E-state index contributed by atoms with van der Waals surface area (Å²) in [6.07, 6.45) is 0. The van der Waals surface area contributed by atoms with Crippen LogP contribution < -0.4 is 21.7 Å². The number of pyridine rings is 1. The third-order valence-electron chi connectivity index (χ3n) is 5.22.